The quantitative estimate of drug-likeness (QED) is 0.168. The highest BCUT2D eigenvalue weighted by atomic mass is 15.2. The summed E-state index contributed by atoms with van der Waals surface area (Å²) in [5.41, 5.74) is 22.7. The maximum Gasteiger partial charge on any atom is 0.334 e. The van der Waals surface area contributed by atoms with E-state index >= 15 is 0 Å². The first-order valence-corrected chi connectivity index (χ1v) is 20.2. The Bertz CT molecular complexity index is 3370. The van der Waals surface area contributed by atoms with Gasteiger partial charge < -0.3 is 18.8 Å². The van der Waals surface area contributed by atoms with E-state index in [-0.39, 0.29) is 13.7 Å². The summed E-state index contributed by atoms with van der Waals surface area (Å²) >= 11 is 0. The summed E-state index contributed by atoms with van der Waals surface area (Å²) in [4.78, 5) is 5.17. The normalized spacial score (nSPS) is 13.7. The maximum absolute atomic E-state index is 2.61. The zero-order valence-corrected chi connectivity index (χ0v) is 31.4. The van der Waals surface area contributed by atoms with Crippen molar-refractivity contribution in [2.75, 3.05) is 9.80 Å². The van der Waals surface area contributed by atoms with Gasteiger partial charge in [0.15, 0.2) is 0 Å². The van der Waals surface area contributed by atoms with Gasteiger partial charge in [0.05, 0.1) is 0 Å². The monoisotopic (exact) mass is 734 g/mol. The molecular formula is C52H32B2N4. The first-order valence-electron chi connectivity index (χ1n) is 20.2. The van der Waals surface area contributed by atoms with E-state index in [9.17, 15) is 0 Å². The van der Waals surface area contributed by atoms with E-state index in [1.54, 1.807) is 0 Å². The van der Waals surface area contributed by atoms with Gasteiger partial charge in [0.25, 0.3) is 0 Å². The summed E-state index contributed by atoms with van der Waals surface area (Å²) < 4.78 is 5.15. The molecule has 0 spiro atoms. The van der Waals surface area contributed by atoms with Gasteiger partial charge in [0.2, 0.25) is 0 Å². The van der Waals surface area contributed by atoms with Gasteiger partial charge in [-0.05, 0) is 122 Å². The lowest BCUT2D eigenvalue weighted by atomic mass is 9.40. The van der Waals surface area contributed by atoms with E-state index in [1.807, 2.05) is 0 Å². The van der Waals surface area contributed by atoms with Crippen molar-refractivity contribution < 1.29 is 0 Å². The predicted molar refractivity (Wildman–Crippen MR) is 244 cm³/mol. The molecule has 0 bridgehead atoms. The van der Waals surface area contributed by atoms with Crippen molar-refractivity contribution in [3.8, 4) is 33.4 Å². The molecule has 0 saturated heterocycles. The average Bonchev–Trinajstić information content (AvgIpc) is 3.93. The van der Waals surface area contributed by atoms with Crippen molar-refractivity contribution in [2.45, 2.75) is 0 Å². The van der Waals surface area contributed by atoms with Crippen LogP contribution in [0.2, 0.25) is 0 Å². The van der Waals surface area contributed by atoms with Crippen LogP contribution < -0.4 is 31.7 Å². The molecule has 2 aromatic heterocycles. The molecule has 266 valence electrons. The second kappa shape index (κ2) is 11.1. The molecule has 0 aliphatic carbocycles. The fourth-order valence-electron chi connectivity index (χ4n) is 11.1. The van der Waals surface area contributed by atoms with Crippen LogP contribution in [0, 0.1) is 0 Å². The van der Waals surface area contributed by atoms with Crippen molar-refractivity contribution in [1.29, 1.82) is 0 Å². The summed E-state index contributed by atoms with van der Waals surface area (Å²) in [5, 5.41) is 2.54. The lowest BCUT2D eigenvalue weighted by Gasteiger charge is -2.47. The minimum atomic E-state index is -0.0681. The van der Waals surface area contributed by atoms with Crippen molar-refractivity contribution in [3.05, 3.63) is 194 Å². The number of fused-ring (bicyclic) bond motifs is 9. The van der Waals surface area contributed by atoms with Crippen LogP contribution in [0.1, 0.15) is 0 Å². The Hall–Kier alpha value is -7.43. The number of rotatable bonds is 3. The largest absolute Gasteiger partial charge is 0.382 e. The minimum absolute atomic E-state index is 0.0233. The van der Waals surface area contributed by atoms with Gasteiger partial charge in [0.1, 0.15) is 0 Å². The van der Waals surface area contributed by atoms with Crippen LogP contribution in [0.4, 0.5) is 34.1 Å². The second-order valence-electron chi connectivity index (χ2n) is 16.1. The number of aromatic nitrogens is 2. The van der Waals surface area contributed by atoms with E-state index < -0.39 is 0 Å². The molecule has 4 aliphatic heterocycles. The maximum atomic E-state index is 2.61. The average molecular weight is 734 g/mol. The second-order valence-corrected chi connectivity index (χ2v) is 16.1. The zero-order chi connectivity index (χ0) is 37.6. The molecule has 0 atom stereocenters. The van der Waals surface area contributed by atoms with Gasteiger partial charge in [-0.25, -0.2) is 0 Å². The van der Waals surface area contributed by atoms with E-state index in [0.29, 0.717) is 0 Å². The molecule has 8 aromatic carbocycles. The van der Waals surface area contributed by atoms with Gasteiger partial charge in [-0.2, -0.15) is 0 Å². The van der Waals surface area contributed by atoms with Crippen molar-refractivity contribution >= 4 is 91.5 Å². The van der Waals surface area contributed by atoms with Crippen LogP contribution in [0.5, 0.6) is 0 Å². The van der Waals surface area contributed by atoms with Crippen LogP contribution in [0.3, 0.4) is 0 Å². The summed E-state index contributed by atoms with van der Waals surface area (Å²) in [6.45, 7) is -0.0914. The number of anilines is 6. The van der Waals surface area contributed by atoms with Gasteiger partial charge in [-0.3, -0.25) is 0 Å². The third-order valence-corrected chi connectivity index (χ3v) is 13.3. The van der Waals surface area contributed by atoms with Crippen LogP contribution in [-0.4, -0.2) is 22.7 Å². The lowest BCUT2D eigenvalue weighted by Crippen LogP contribution is -2.63. The molecule has 0 radical (unpaired) electrons. The van der Waals surface area contributed by atoms with E-state index in [1.165, 1.54) is 99.8 Å². The van der Waals surface area contributed by atoms with E-state index in [2.05, 4.69) is 213 Å². The Morgan fingerprint density at radius 3 is 1.66 bits per heavy atom. The molecule has 0 saturated carbocycles. The molecule has 10 aromatic rings. The number of hydrogen-bond donors (Lipinski definition) is 0. The van der Waals surface area contributed by atoms with Crippen LogP contribution in [0.15, 0.2) is 194 Å². The first-order chi connectivity index (χ1) is 28.8. The number of benzene rings is 8. The van der Waals surface area contributed by atoms with E-state index in [0.717, 1.165) is 11.4 Å². The van der Waals surface area contributed by atoms with Crippen molar-refractivity contribution in [3.63, 3.8) is 0 Å². The van der Waals surface area contributed by atoms with Crippen molar-refractivity contribution in [2.24, 2.45) is 0 Å². The van der Waals surface area contributed by atoms with Gasteiger partial charge in [-0.15, -0.1) is 0 Å². The van der Waals surface area contributed by atoms with Crippen LogP contribution in [-0.2, 0) is 0 Å². The highest BCUT2D eigenvalue weighted by Crippen LogP contribution is 2.49. The molecule has 14 rings (SSSR count). The molecule has 4 nitrogen and oxygen atoms in total. The van der Waals surface area contributed by atoms with Crippen molar-refractivity contribution in [1.82, 2.24) is 8.96 Å². The smallest absolute Gasteiger partial charge is 0.334 e. The molecule has 6 heteroatoms. The molecule has 6 heterocycles. The van der Waals surface area contributed by atoms with Gasteiger partial charge in [0, 0.05) is 56.3 Å². The fourth-order valence-corrected chi connectivity index (χ4v) is 11.1. The lowest BCUT2D eigenvalue weighted by molar-refractivity contribution is 1.20. The summed E-state index contributed by atoms with van der Waals surface area (Å²) in [6, 6.07) is 67.8. The molecule has 0 amide bonds. The number of para-hydroxylation sites is 4. The summed E-state index contributed by atoms with van der Waals surface area (Å²) in [6.07, 6.45) is 4.67. The fraction of sp³-hybridized carbons (Fsp3) is 0. The number of nitrogens with zero attached hydrogens (tertiary/aromatic N) is 4. The van der Waals surface area contributed by atoms with Crippen LogP contribution in [0.25, 0.3) is 55.2 Å². The highest BCUT2D eigenvalue weighted by Gasteiger charge is 2.49. The Morgan fingerprint density at radius 2 is 0.948 bits per heavy atom. The third kappa shape index (κ3) is 3.82. The van der Waals surface area contributed by atoms with E-state index in [4.69, 9.17) is 0 Å². The number of hydrogen-bond acceptors (Lipinski definition) is 2. The molecule has 0 fully saturated rings. The molecule has 0 unspecified atom stereocenters. The Morgan fingerprint density at radius 1 is 0.345 bits per heavy atom. The van der Waals surface area contributed by atoms with Gasteiger partial charge in [-0.1, -0.05) is 127 Å². The highest BCUT2D eigenvalue weighted by molar-refractivity contribution is 6.94. The predicted octanol–water partition coefficient (Wildman–Crippen LogP) is 10.1. The van der Waals surface area contributed by atoms with Gasteiger partial charge >= 0.3 is 13.7 Å². The Kier molecular flexibility index (Phi) is 5.89. The zero-order valence-electron chi connectivity index (χ0n) is 31.4. The Labute approximate surface area is 336 Å². The minimum Gasteiger partial charge on any atom is -0.382 e. The Balaban J connectivity index is 1.20. The third-order valence-electron chi connectivity index (χ3n) is 13.3. The summed E-state index contributed by atoms with van der Waals surface area (Å²) in [5.74, 6) is 0. The topological polar surface area (TPSA) is 16.3 Å². The summed E-state index contributed by atoms with van der Waals surface area (Å²) in [7, 11) is 0. The SMILES string of the molecule is c1ccc(-c2ccc3c(c2)N(c2ccccc2)c2c4c(cc5c2B2c6c(cccc6N5c5ccccc5)-c5cccc6ccn2c56)-c2cccc5ccn(c25)B34)cc1. The molecule has 0 N–H and O–H groups in total. The van der Waals surface area contributed by atoms with Crippen LogP contribution >= 0.6 is 0 Å². The molecule has 58 heavy (non-hydrogen) atoms. The standard InChI is InChI=1S/C52H32B2N4/c1-4-13-33(14-5-1)36-25-26-43-45(31-36)58(38-19-8-3-9-20-38)52-48-42(41-23-11-16-35-27-29-55(51(35)41)53(43)48)32-46-49(52)54-47-39(40-22-10-15-34-28-30-56(54)50(34)40)21-12-24-44(47)57(46)37-17-6-2-7-18-37/h1-32H. The molecule has 4 aliphatic rings. The first kappa shape index (κ1) is 30.7. The molecular weight excluding hydrogens is 702 g/mol.